The van der Waals surface area contributed by atoms with Crippen molar-refractivity contribution in [3.63, 3.8) is 0 Å². The molecule has 0 saturated heterocycles. The first-order valence-corrected chi connectivity index (χ1v) is 6.76. The van der Waals surface area contributed by atoms with Gasteiger partial charge in [0.05, 0.1) is 17.7 Å². The number of hydrogen-bond donors (Lipinski definition) is 1. The van der Waals surface area contributed by atoms with Crippen LogP contribution in [0.1, 0.15) is 46.0 Å². The zero-order valence-corrected chi connectivity index (χ0v) is 10.9. The maximum absolute atomic E-state index is 12.4. The second-order valence-electron chi connectivity index (χ2n) is 5.43. The Hall–Kier alpha value is -0.900. The van der Waals surface area contributed by atoms with Crippen molar-refractivity contribution in [3.05, 3.63) is 0 Å². The van der Waals surface area contributed by atoms with Gasteiger partial charge in [-0.2, -0.15) is 5.10 Å². The van der Waals surface area contributed by atoms with Crippen LogP contribution in [0.5, 0.6) is 0 Å². The van der Waals surface area contributed by atoms with Gasteiger partial charge in [-0.15, -0.1) is 0 Å². The van der Waals surface area contributed by atoms with Crippen molar-refractivity contribution in [2.45, 2.75) is 52.0 Å². The molecule has 96 valence electrons. The Morgan fingerprint density at radius 2 is 2.06 bits per heavy atom. The van der Waals surface area contributed by atoms with E-state index in [-0.39, 0.29) is 11.8 Å². The van der Waals surface area contributed by atoms with Crippen molar-refractivity contribution in [2.24, 2.45) is 22.7 Å². The Morgan fingerprint density at radius 1 is 1.41 bits per heavy atom. The van der Waals surface area contributed by atoms with E-state index in [2.05, 4.69) is 18.9 Å². The molecule has 2 N–H and O–H groups in total. The Kier molecular flexibility index (Phi) is 3.82. The summed E-state index contributed by atoms with van der Waals surface area (Å²) in [6.07, 6.45) is 5.40. The number of carbonyl (C=O) groups is 1. The molecule has 1 heterocycles. The van der Waals surface area contributed by atoms with Gasteiger partial charge in [0, 0.05) is 0 Å². The Labute approximate surface area is 103 Å². The number of nitrogens with zero attached hydrogens (tertiary/aromatic N) is 2. The normalized spacial score (nSPS) is 26.1. The molecule has 4 heteroatoms. The van der Waals surface area contributed by atoms with Crippen molar-refractivity contribution in [1.82, 2.24) is 5.01 Å². The van der Waals surface area contributed by atoms with E-state index in [9.17, 15) is 4.79 Å². The van der Waals surface area contributed by atoms with Crippen LogP contribution in [0.3, 0.4) is 0 Å². The Bertz CT molecular complexity index is 319. The van der Waals surface area contributed by atoms with Crippen LogP contribution in [0.2, 0.25) is 0 Å². The fourth-order valence-corrected chi connectivity index (χ4v) is 2.90. The second kappa shape index (κ2) is 5.17. The highest BCUT2D eigenvalue weighted by molar-refractivity contribution is 6.08. The highest BCUT2D eigenvalue weighted by Crippen LogP contribution is 2.31. The van der Waals surface area contributed by atoms with Crippen molar-refractivity contribution >= 4 is 11.6 Å². The lowest BCUT2D eigenvalue weighted by Crippen LogP contribution is -2.35. The quantitative estimate of drug-likeness (QED) is 0.809. The van der Waals surface area contributed by atoms with Gasteiger partial charge in [-0.05, 0) is 31.7 Å². The molecule has 1 aliphatic carbocycles. The number of hydrogen-bond acceptors (Lipinski definition) is 3. The third kappa shape index (κ3) is 2.37. The standard InChI is InChI=1S/C13H23N3O/c1-9(2)12-11(7-8-14)13(17)16(15-12)10-5-3-4-6-10/h9-11H,3-8,14H2,1-2H3. The van der Waals surface area contributed by atoms with Crippen LogP contribution in [0.4, 0.5) is 0 Å². The van der Waals surface area contributed by atoms with Crippen LogP contribution in [-0.4, -0.2) is 29.2 Å². The zero-order chi connectivity index (χ0) is 12.4. The zero-order valence-electron chi connectivity index (χ0n) is 10.9. The summed E-state index contributed by atoms with van der Waals surface area (Å²) in [5.74, 6) is 0.466. The van der Waals surface area contributed by atoms with Crippen molar-refractivity contribution in [3.8, 4) is 0 Å². The summed E-state index contributed by atoms with van der Waals surface area (Å²) < 4.78 is 0. The van der Waals surface area contributed by atoms with Gasteiger partial charge in [0.2, 0.25) is 0 Å². The average Bonchev–Trinajstić information content (AvgIpc) is 2.88. The summed E-state index contributed by atoms with van der Waals surface area (Å²) >= 11 is 0. The summed E-state index contributed by atoms with van der Waals surface area (Å²) in [5, 5.41) is 6.36. The Morgan fingerprint density at radius 3 is 2.59 bits per heavy atom. The molecule has 1 unspecified atom stereocenters. The lowest BCUT2D eigenvalue weighted by Gasteiger charge is -2.20. The first-order chi connectivity index (χ1) is 8.15. The van der Waals surface area contributed by atoms with Gasteiger partial charge in [-0.25, -0.2) is 5.01 Å². The van der Waals surface area contributed by atoms with Gasteiger partial charge in [0.1, 0.15) is 0 Å². The van der Waals surface area contributed by atoms with E-state index in [4.69, 9.17) is 5.73 Å². The fourth-order valence-electron chi connectivity index (χ4n) is 2.90. The average molecular weight is 237 g/mol. The summed E-state index contributed by atoms with van der Waals surface area (Å²) in [6.45, 7) is 4.77. The maximum Gasteiger partial charge on any atom is 0.251 e. The highest BCUT2D eigenvalue weighted by Gasteiger charge is 2.40. The number of nitrogens with two attached hydrogens (primary N) is 1. The lowest BCUT2D eigenvalue weighted by atomic mass is 9.92. The first kappa shape index (κ1) is 12.6. The van der Waals surface area contributed by atoms with Gasteiger partial charge < -0.3 is 5.73 Å². The third-order valence-corrected chi connectivity index (χ3v) is 3.82. The molecule has 1 fully saturated rings. The number of carbonyl (C=O) groups excluding carboxylic acids is 1. The molecular weight excluding hydrogens is 214 g/mol. The second-order valence-corrected chi connectivity index (χ2v) is 5.43. The largest absolute Gasteiger partial charge is 0.330 e. The molecule has 0 aromatic carbocycles. The van der Waals surface area contributed by atoms with E-state index in [1.165, 1.54) is 12.8 Å². The van der Waals surface area contributed by atoms with Crippen LogP contribution in [0.25, 0.3) is 0 Å². The summed E-state index contributed by atoms with van der Waals surface area (Å²) in [4.78, 5) is 12.4. The SMILES string of the molecule is CC(C)C1=NN(C2CCCC2)C(=O)C1CCN. The van der Waals surface area contributed by atoms with Gasteiger partial charge in [0.15, 0.2) is 0 Å². The van der Waals surface area contributed by atoms with Gasteiger partial charge in [-0.3, -0.25) is 4.79 Å². The number of hydrazone groups is 1. The molecule has 1 atom stereocenters. The predicted molar refractivity (Wildman–Crippen MR) is 68.5 cm³/mol. The molecule has 1 saturated carbocycles. The Balaban J connectivity index is 2.16. The van der Waals surface area contributed by atoms with E-state index in [1.54, 1.807) is 5.01 Å². The van der Waals surface area contributed by atoms with Crippen LogP contribution >= 0.6 is 0 Å². The summed E-state index contributed by atoms with van der Waals surface area (Å²) in [7, 11) is 0. The van der Waals surface area contributed by atoms with E-state index >= 15 is 0 Å². The van der Waals surface area contributed by atoms with Crippen molar-refractivity contribution in [2.75, 3.05) is 6.54 Å². The molecule has 1 aliphatic heterocycles. The molecule has 1 amide bonds. The smallest absolute Gasteiger partial charge is 0.251 e. The summed E-state index contributed by atoms with van der Waals surface area (Å²) in [5.41, 5.74) is 6.64. The minimum absolute atomic E-state index is 0.0550. The highest BCUT2D eigenvalue weighted by atomic mass is 16.2. The van der Waals surface area contributed by atoms with Crippen LogP contribution < -0.4 is 5.73 Å². The van der Waals surface area contributed by atoms with Gasteiger partial charge in [-0.1, -0.05) is 26.7 Å². The number of rotatable bonds is 4. The molecule has 0 aromatic rings. The third-order valence-electron chi connectivity index (χ3n) is 3.82. The molecule has 0 aromatic heterocycles. The van der Waals surface area contributed by atoms with Crippen LogP contribution in [-0.2, 0) is 4.79 Å². The first-order valence-electron chi connectivity index (χ1n) is 6.76. The lowest BCUT2D eigenvalue weighted by molar-refractivity contribution is -0.134. The van der Waals surface area contributed by atoms with Crippen molar-refractivity contribution < 1.29 is 4.79 Å². The fraction of sp³-hybridized carbons (Fsp3) is 0.846. The minimum atomic E-state index is -0.0550. The minimum Gasteiger partial charge on any atom is -0.330 e. The molecule has 0 radical (unpaired) electrons. The van der Waals surface area contributed by atoms with E-state index in [0.29, 0.717) is 18.5 Å². The van der Waals surface area contributed by atoms with Crippen LogP contribution in [0, 0.1) is 11.8 Å². The van der Waals surface area contributed by atoms with E-state index in [0.717, 1.165) is 25.0 Å². The topological polar surface area (TPSA) is 58.7 Å². The molecule has 17 heavy (non-hydrogen) atoms. The van der Waals surface area contributed by atoms with Gasteiger partial charge >= 0.3 is 0 Å². The van der Waals surface area contributed by atoms with Crippen LogP contribution in [0.15, 0.2) is 5.10 Å². The molecule has 2 rings (SSSR count). The van der Waals surface area contributed by atoms with Crippen molar-refractivity contribution in [1.29, 1.82) is 0 Å². The monoisotopic (exact) mass is 237 g/mol. The number of amides is 1. The van der Waals surface area contributed by atoms with E-state index in [1.807, 2.05) is 0 Å². The molecule has 4 nitrogen and oxygen atoms in total. The van der Waals surface area contributed by atoms with E-state index < -0.39 is 0 Å². The predicted octanol–water partition coefficient (Wildman–Crippen LogP) is 1.75. The molecule has 0 spiro atoms. The molecular formula is C13H23N3O. The maximum atomic E-state index is 12.4. The molecule has 2 aliphatic rings. The summed E-state index contributed by atoms with van der Waals surface area (Å²) in [6, 6.07) is 0.346. The molecule has 0 bridgehead atoms. The van der Waals surface area contributed by atoms with Gasteiger partial charge in [0.25, 0.3) is 5.91 Å².